The van der Waals surface area contributed by atoms with Gasteiger partial charge < -0.3 is 9.80 Å². The van der Waals surface area contributed by atoms with Gasteiger partial charge in [0.1, 0.15) is 0 Å². The summed E-state index contributed by atoms with van der Waals surface area (Å²) >= 11 is 2.73. The van der Waals surface area contributed by atoms with Crippen molar-refractivity contribution in [3.63, 3.8) is 0 Å². The van der Waals surface area contributed by atoms with Gasteiger partial charge in [-0.3, -0.25) is 9.59 Å². The van der Waals surface area contributed by atoms with Crippen molar-refractivity contribution in [1.82, 2.24) is 9.80 Å². The summed E-state index contributed by atoms with van der Waals surface area (Å²) < 4.78 is 82.2. The first kappa shape index (κ1) is 38.2. The molecule has 0 radical (unpaired) electrons. The minimum absolute atomic E-state index is 0.0706. The molecule has 15 heteroatoms. The van der Waals surface area contributed by atoms with Crippen LogP contribution in [0.5, 0.6) is 0 Å². The molecule has 0 N–H and O–H groups in total. The number of hydrogen-bond donors (Lipinski definition) is 0. The third-order valence-electron chi connectivity index (χ3n) is 6.99. The van der Waals surface area contributed by atoms with Crippen LogP contribution in [-0.2, 0) is 9.59 Å². The molecule has 0 saturated carbocycles. The van der Waals surface area contributed by atoms with Crippen molar-refractivity contribution >= 4 is 65.9 Å². The van der Waals surface area contributed by atoms with Crippen molar-refractivity contribution in [3.8, 4) is 0 Å². The Morgan fingerprint density at radius 1 is 0.721 bits per heavy atom. The number of carbonyl (C=O) groups excluding carboxylic acids is 2. The highest BCUT2D eigenvalue weighted by Gasteiger charge is 2.51. The van der Waals surface area contributed by atoms with Gasteiger partial charge in [-0.2, -0.15) is 26.3 Å². The van der Waals surface area contributed by atoms with Crippen molar-refractivity contribution in [2.75, 3.05) is 13.1 Å². The first-order chi connectivity index (χ1) is 19.9. The van der Waals surface area contributed by atoms with Crippen molar-refractivity contribution in [2.45, 2.75) is 101 Å². The highest BCUT2D eigenvalue weighted by Crippen LogP contribution is 2.58. The summed E-state index contributed by atoms with van der Waals surface area (Å²) in [6, 6.07) is 7.19. The van der Waals surface area contributed by atoms with Gasteiger partial charge in [-0.15, -0.1) is 22.7 Å². The first-order valence-corrected chi connectivity index (χ1v) is 19.1. The van der Waals surface area contributed by atoms with Crippen LogP contribution in [0.1, 0.15) is 87.5 Å². The number of halogens is 6. The van der Waals surface area contributed by atoms with Crippen molar-refractivity contribution in [1.29, 1.82) is 0 Å². The van der Waals surface area contributed by atoms with E-state index in [9.17, 15) is 35.9 Å². The Morgan fingerprint density at radius 2 is 1.07 bits per heavy atom. The van der Waals surface area contributed by atoms with Crippen LogP contribution in [0, 0.1) is 0 Å². The SMILES string of the molecule is CCCCN(C(=O)C(F)(F)F)C(C)(C)C(SSSC(c1cccs1)C(C)(C)N(CCCC)C(=O)C(F)(F)F)c1cccs1. The van der Waals surface area contributed by atoms with Crippen LogP contribution < -0.4 is 0 Å². The molecular weight excluding hydrogens is 671 g/mol. The molecule has 2 rings (SSSR count). The van der Waals surface area contributed by atoms with Crippen molar-refractivity contribution < 1.29 is 35.9 Å². The summed E-state index contributed by atoms with van der Waals surface area (Å²) in [6.07, 6.45) is -8.10. The van der Waals surface area contributed by atoms with Gasteiger partial charge in [0.05, 0.1) is 21.6 Å². The quantitative estimate of drug-likeness (QED) is 0.128. The van der Waals surface area contributed by atoms with E-state index in [0.29, 0.717) is 25.7 Å². The number of rotatable bonds is 16. The number of amides is 2. The van der Waals surface area contributed by atoms with Crippen LogP contribution in [0.15, 0.2) is 35.0 Å². The maximum Gasteiger partial charge on any atom is 0.471 e. The van der Waals surface area contributed by atoms with Crippen LogP contribution in [0.2, 0.25) is 0 Å². The van der Waals surface area contributed by atoms with Crippen LogP contribution >= 0.6 is 54.1 Å². The van der Waals surface area contributed by atoms with E-state index in [1.807, 2.05) is 24.6 Å². The molecule has 2 unspecified atom stereocenters. The van der Waals surface area contributed by atoms with Crippen LogP contribution in [0.25, 0.3) is 0 Å². The van der Waals surface area contributed by atoms with Crippen LogP contribution in [0.4, 0.5) is 26.3 Å². The van der Waals surface area contributed by atoms with Gasteiger partial charge in [0, 0.05) is 22.8 Å². The molecule has 2 heterocycles. The number of nitrogens with zero attached hydrogens (tertiary/aromatic N) is 2. The van der Waals surface area contributed by atoms with Crippen molar-refractivity contribution in [2.24, 2.45) is 0 Å². The van der Waals surface area contributed by atoms with Gasteiger partial charge in [-0.05, 0) is 73.3 Å². The molecule has 0 saturated heterocycles. The van der Waals surface area contributed by atoms with Gasteiger partial charge in [0.2, 0.25) is 0 Å². The van der Waals surface area contributed by atoms with Crippen molar-refractivity contribution in [3.05, 3.63) is 44.8 Å². The average Bonchev–Trinajstić information content (AvgIpc) is 3.62. The molecule has 0 bridgehead atoms. The molecule has 244 valence electrons. The zero-order valence-corrected chi connectivity index (χ0v) is 29.0. The third-order valence-corrected chi connectivity index (χ3v) is 14.4. The Kier molecular flexibility index (Phi) is 14.2. The number of hydrogen-bond acceptors (Lipinski definition) is 7. The minimum atomic E-state index is -5.04. The normalized spacial score (nSPS) is 14.4. The Bertz CT molecular complexity index is 1050. The molecule has 2 aromatic rings. The fraction of sp³-hybridized carbons (Fsp3) is 0.643. The van der Waals surface area contributed by atoms with E-state index in [2.05, 4.69) is 0 Å². The van der Waals surface area contributed by atoms with E-state index in [1.165, 1.54) is 54.1 Å². The van der Waals surface area contributed by atoms with E-state index in [1.54, 1.807) is 52.0 Å². The smallest absolute Gasteiger partial charge is 0.328 e. The lowest BCUT2D eigenvalue weighted by atomic mass is 9.95. The zero-order chi connectivity index (χ0) is 32.6. The Hall–Kier alpha value is -1.03. The lowest BCUT2D eigenvalue weighted by molar-refractivity contribution is -0.191. The standard InChI is InChI=1S/C28H38F6N2O2S5/c1-7-9-15-35(23(37)27(29,30)31)25(3,4)21(19-13-11-17-39-19)41-43-42-22(20-14-12-18-40-20)26(5,6)36(16-10-8-2)24(38)28(32,33)34/h11-14,17-18,21-22H,7-10,15-16H2,1-6H3. The molecule has 0 aliphatic carbocycles. The van der Waals surface area contributed by atoms with Crippen LogP contribution in [0.3, 0.4) is 0 Å². The minimum Gasteiger partial charge on any atom is -0.328 e. The summed E-state index contributed by atoms with van der Waals surface area (Å²) in [5, 5.41) is 2.44. The molecule has 2 aromatic heterocycles. The lowest BCUT2D eigenvalue weighted by Gasteiger charge is -2.45. The predicted octanol–water partition coefficient (Wildman–Crippen LogP) is 10.6. The molecule has 4 nitrogen and oxygen atoms in total. The van der Waals surface area contributed by atoms with Gasteiger partial charge in [-0.1, -0.05) is 60.4 Å². The van der Waals surface area contributed by atoms with E-state index >= 15 is 0 Å². The predicted molar refractivity (Wildman–Crippen MR) is 170 cm³/mol. The highest BCUT2D eigenvalue weighted by molar-refractivity contribution is 9.09. The monoisotopic (exact) mass is 708 g/mol. The highest BCUT2D eigenvalue weighted by atomic mass is 33.5. The molecule has 0 fully saturated rings. The maximum absolute atomic E-state index is 13.7. The molecule has 2 atom stereocenters. The fourth-order valence-electron chi connectivity index (χ4n) is 4.53. The average molecular weight is 709 g/mol. The maximum atomic E-state index is 13.7. The molecule has 0 spiro atoms. The molecule has 0 aromatic carbocycles. The molecule has 0 aliphatic heterocycles. The third kappa shape index (κ3) is 9.98. The summed E-state index contributed by atoms with van der Waals surface area (Å²) in [6.45, 7) is 9.99. The number of thiophene rings is 2. The fourth-order valence-corrected chi connectivity index (χ4v) is 13.0. The molecular formula is C28H38F6N2O2S5. The second kappa shape index (κ2) is 16.0. The van der Waals surface area contributed by atoms with Crippen LogP contribution in [-0.4, -0.2) is 58.1 Å². The molecule has 43 heavy (non-hydrogen) atoms. The largest absolute Gasteiger partial charge is 0.471 e. The van der Waals surface area contributed by atoms with E-state index in [0.717, 1.165) is 19.6 Å². The summed E-state index contributed by atoms with van der Waals surface area (Å²) in [5.41, 5.74) is -2.53. The molecule has 2 amide bonds. The second-order valence-electron chi connectivity index (χ2n) is 11.0. The molecule has 0 aliphatic rings. The van der Waals surface area contributed by atoms with E-state index < -0.39 is 45.7 Å². The number of unbranched alkanes of at least 4 members (excludes halogenated alkanes) is 2. The van der Waals surface area contributed by atoms with Gasteiger partial charge in [0.15, 0.2) is 0 Å². The van der Waals surface area contributed by atoms with E-state index in [-0.39, 0.29) is 13.1 Å². The summed E-state index contributed by atoms with van der Waals surface area (Å²) in [5.74, 6) is -3.80. The number of carbonyl (C=O) groups is 2. The summed E-state index contributed by atoms with van der Waals surface area (Å²) in [4.78, 5) is 28.6. The second-order valence-corrected chi connectivity index (χ2v) is 17.2. The zero-order valence-electron chi connectivity index (χ0n) is 24.9. The Balaban J connectivity index is 2.45. The first-order valence-electron chi connectivity index (χ1n) is 13.7. The lowest BCUT2D eigenvalue weighted by Crippen LogP contribution is -2.55. The summed E-state index contributed by atoms with van der Waals surface area (Å²) in [7, 11) is 3.79. The van der Waals surface area contributed by atoms with E-state index in [4.69, 9.17) is 0 Å². The Labute approximate surface area is 269 Å². The number of alkyl halides is 6. The van der Waals surface area contributed by atoms with Gasteiger partial charge in [-0.25, -0.2) is 0 Å². The van der Waals surface area contributed by atoms with Gasteiger partial charge in [0.25, 0.3) is 0 Å². The Morgan fingerprint density at radius 3 is 1.33 bits per heavy atom. The van der Waals surface area contributed by atoms with Gasteiger partial charge >= 0.3 is 24.2 Å². The topological polar surface area (TPSA) is 40.6 Å².